The van der Waals surface area contributed by atoms with Gasteiger partial charge in [-0.25, -0.2) is 0 Å². The summed E-state index contributed by atoms with van der Waals surface area (Å²) in [6.07, 6.45) is 2.21. The first kappa shape index (κ1) is 16.5. The van der Waals surface area contributed by atoms with E-state index in [1.54, 1.807) is 25.4 Å². The number of hydrogen-bond acceptors (Lipinski definition) is 4. The third kappa shape index (κ3) is 5.10. The van der Waals surface area contributed by atoms with Crippen LogP contribution in [0.1, 0.15) is 11.3 Å². The third-order valence-corrected chi connectivity index (χ3v) is 3.22. The highest BCUT2D eigenvalue weighted by Gasteiger charge is 2.13. The normalized spacial score (nSPS) is 10.0. The molecule has 0 fully saturated rings. The summed E-state index contributed by atoms with van der Waals surface area (Å²) in [5, 5.41) is 5.14. The van der Waals surface area contributed by atoms with Crippen LogP contribution in [0.15, 0.2) is 42.6 Å². The average Bonchev–Trinajstić information content (AvgIpc) is 2.55. The minimum Gasteiger partial charge on any atom is -0.497 e. The SMILES string of the molecule is COc1ccc(CCNC(=O)C(=O)Nc2ccnc(C)c2)cc1. The molecule has 0 bridgehead atoms. The van der Waals surface area contributed by atoms with Crippen molar-refractivity contribution >= 4 is 17.5 Å². The lowest BCUT2D eigenvalue weighted by Gasteiger charge is -2.07. The summed E-state index contributed by atoms with van der Waals surface area (Å²) in [4.78, 5) is 27.6. The van der Waals surface area contributed by atoms with Crippen LogP contribution in [0.5, 0.6) is 5.75 Å². The van der Waals surface area contributed by atoms with Crippen molar-refractivity contribution in [2.45, 2.75) is 13.3 Å². The molecule has 2 amide bonds. The second-order valence-corrected chi connectivity index (χ2v) is 4.99. The Bertz CT molecular complexity index is 684. The van der Waals surface area contributed by atoms with Crippen LogP contribution >= 0.6 is 0 Å². The Morgan fingerprint density at radius 2 is 1.87 bits per heavy atom. The Morgan fingerprint density at radius 3 is 2.52 bits per heavy atom. The van der Waals surface area contributed by atoms with Crippen LogP contribution < -0.4 is 15.4 Å². The number of anilines is 1. The number of nitrogens with zero attached hydrogens (tertiary/aromatic N) is 1. The van der Waals surface area contributed by atoms with Gasteiger partial charge in [-0.3, -0.25) is 14.6 Å². The number of methoxy groups -OCH3 is 1. The van der Waals surface area contributed by atoms with Crippen LogP contribution in [0.3, 0.4) is 0 Å². The second-order valence-electron chi connectivity index (χ2n) is 4.99. The first-order valence-electron chi connectivity index (χ1n) is 7.23. The van der Waals surface area contributed by atoms with Crippen molar-refractivity contribution in [1.82, 2.24) is 10.3 Å². The van der Waals surface area contributed by atoms with E-state index in [-0.39, 0.29) is 0 Å². The molecule has 1 heterocycles. The fourth-order valence-corrected chi connectivity index (χ4v) is 2.00. The predicted octanol–water partition coefficient (Wildman–Crippen LogP) is 1.70. The van der Waals surface area contributed by atoms with Gasteiger partial charge in [0.2, 0.25) is 0 Å². The van der Waals surface area contributed by atoms with Crippen LogP contribution in [0.2, 0.25) is 0 Å². The predicted molar refractivity (Wildman–Crippen MR) is 87.3 cm³/mol. The van der Waals surface area contributed by atoms with E-state index >= 15 is 0 Å². The molecule has 0 aliphatic carbocycles. The van der Waals surface area contributed by atoms with Crippen molar-refractivity contribution < 1.29 is 14.3 Å². The van der Waals surface area contributed by atoms with E-state index in [2.05, 4.69) is 15.6 Å². The van der Waals surface area contributed by atoms with E-state index in [1.165, 1.54) is 0 Å². The zero-order valence-corrected chi connectivity index (χ0v) is 13.1. The first-order valence-corrected chi connectivity index (χ1v) is 7.23. The van der Waals surface area contributed by atoms with Gasteiger partial charge < -0.3 is 15.4 Å². The van der Waals surface area contributed by atoms with Gasteiger partial charge in [-0.05, 0) is 43.2 Å². The summed E-state index contributed by atoms with van der Waals surface area (Å²) in [6, 6.07) is 10.9. The fraction of sp³-hybridized carbons (Fsp3) is 0.235. The van der Waals surface area contributed by atoms with Crippen molar-refractivity contribution in [3.63, 3.8) is 0 Å². The molecular formula is C17H19N3O3. The van der Waals surface area contributed by atoms with Crippen LogP contribution in [0, 0.1) is 6.92 Å². The molecule has 0 radical (unpaired) electrons. The van der Waals surface area contributed by atoms with Gasteiger partial charge in [0.15, 0.2) is 0 Å². The number of rotatable bonds is 5. The lowest BCUT2D eigenvalue weighted by Crippen LogP contribution is -2.36. The highest BCUT2D eigenvalue weighted by Crippen LogP contribution is 2.11. The highest BCUT2D eigenvalue weighted by molar-refractivity contribution is 6.39. The third-order valence-electron chi connectivity index (χ3n) is 3.22. The molecule has 0 aliphatic rings. The molecule has 6 nitrogen and oxygen atoms in total. The second kappa shape index (κ2) is 7.93. The number of hydrogen-bond donors (Lipinski definition) is 2. The Morgan fingerprint density at radius 1 is 1.13 bits per heavy atom. The van der Waals surface area contributed by atoms with Crippen LogP contribution in [-0.4, -0.2) is 30.5 Å². The summed E-state index contributed by atoms with van der Waals surface area (Å²) >= 11 is 0. The first-order chi connectivity index (χ1) is 11.1. The van der Waals surface area contributed by atoms with E-state index in [0.717, 1.165) is 17.0 Å². The lowest BCUT2D eigenvalue weighted by atomic mass is 10.1. The van der Waals surface area contributed by atoms with Gasteiger partial charge in [0.25, 0.3) is 0 Å². The number of carbonyl (C=O) groups is 2. The molecule has 0 aliphatic heterocycles. The number of pyridine rings is 1. The number of nitrogens with one attached hydrogen (secondary N) is 2. The van der Waals surface area contributed by atoms with Crippen molar-refractivity contribution in [3.05, 3.63) is 53.9 Å². The minimum atomic E-state index is -0.690. The lowest BCUT2D eigenvalue weighted by molar-refractivity contribution is -0.136. The molecule has 0 unspecified atom stereocenters. The van der Waals surface area contributed by atoms with Gasteiger partial charge in [-0.2, -0.15) is 0 Å². The topological polar surface area (TPSA) is 80.3 Å². The quantitative estimate of drug-likeness (QED) is 0.823. The molecule has 2 rings (SSSR count). The molecule has 2 aromatic rings. The number of amides is 2. The molecule has 1 aromatic carbocycles. The Hall–Kier alpha value is -2.89. The van der Waals surface area contributed by atoms with E-state index < -0.39 is 11.8 Å². The number of aryl methyl sites for hydroxylation is 1. The van der Waals surface area contributed by atoms with E-state index in [9.17, 15) is 9.59 Å². The van der Waals surface area contributed by atoms with E-state index in [1.807, 2.05) is 31.2 Å². The van der Waals surface area contributed by atoms with E-state index in [0.29, 0.717) is 18.7 Å². The van der Waals surface area contributed by atoms with Crippen molar-refractivity contribution in [2.24, 2.45) is 0 Å². The maximum Gasteiger partial charge on any atom is 0.313 e. The fourth-order valence-electron chi connectivity index (χ4n) is 2.00. The Balaban J connectivity index is 1.78. The molecule has 2 N–H and O–H groups in total. The molecule has 23 heavy (non-hydrogen) atoms. The summed E-state index contributed by atoms with van der Waals surface area (Å²) in [5.41, 5.74) is 2.37. The van der Waals surface area contributed by atoms with Gasteiger partial charge in [0, 0.05) is 24.1 Å². The van der Waals surface area contributed by atoms with Gasteiger partial charge in [-0.1, -0.05) is 12.1 Å². The molecule has 120 valence electrons. The average molecular weight is 313 g/mol. The van der Waals surface area contributed by atoms with Crippen molar-refractivity contribution in [2.75, 3.05) is 19.0 Å². The van der Waals surface area contributed by atoms with Crippen LogP contribution in [0.25, 0.3) is 0 Å². The van der Waals surface area contributed by atoms with E-state index in [4.69, 9.17) is 4.74 Å². The molecule has 0 atom stereocenters. The number of ether oxygens (including phenoxy) is 1. The number of carbonyl (C=O) groups excluding carboxylic acids is 2. The van der Waals surface area contributed by atoms with Gasteiger partial charge in [-0.15, -0.1) is 0 Å². The monoisotopic (exact) mass is 313 g/mol. The summed E-state index contributed by atoms with van der Waals surface area (Å²) in [5.74, 6) is -0.567. The van der Waals surface area contributed by atoms with Crippen molar-refractivity contribution in [1.29, 1.82) is 0 Å². The molecule has 0 spiro atoms. The molecule has 0 saturated carbocycles. The van der Waals surface area contributed by atoms with Crippen LogP contribution in [0.4, 0.5) is 5.69 Å². The molecule has 0 saturated heterocycles. The standard InChI is InChI=1S/C17H19N3O3/c1-12-11-14(8-10-18-12)20-17(22)16(21)19-9-7-13-3-5-15(23-2)6-4-13/h3-6,8,10-11H,7,9H2,1-2H3,(H,19,21)(H,18,20,22). The number of benzene rings is 1. The van der Waals surface area contributed by atoms with Gasteiger partial charge in [0.05, 0.1) is 7.11 Å². The zero-order valence-electron chi connectivity index (χ0n) is 13.1. The number of aromatic nitrogens is 1. The highest BCUT2D eigenvalue weighted by atomic mass is 16.5. The minimum absolute atomic E-state index is 0.383. The Kier molecular flexibility index (Phi) is 5.68. The summed E-state index contributed by atoms with van der Waals surface area (Å²) in [6.45, 7) is 2.19. The molecule has 1 aromatic heterocycles. The van der Waals surface area contributed by atoms with Crippen LogP contribution in [-0.2, 0) is 16.0 Å². The smallest absolute Gasteiger partial charge is 0.313 e. The zero-order chi connectivity index (χ0) is 16.7. The maximum absolute atomic E-state index is 11.8. The summed E-state index contributed by atoms with van der Waals surface area (Å²) in [7, 11) is 1.61. The van der Waals surface area contributed by atoms with Crippen molar-refractivity contribution in [3.8, 4) is 5.75 Å². The van der Waals surface area contributed by atoms with Gasteiger partial charge >= 0.3 is 11.8 Å². The summed E-state index contributed by atoms with van der Waals surface area (Å²) < 4.78 is 5.08. The van der Waals surface area contributed by atoms with Gasteiger partial charge in [0.1, 0.15) is 5.75 Å². The molecule has 6 heteroatoms. The largest absolute Gasteiger partial charge is 0.497 e. The maximum atomic E-state index is 11.8. The molecular weight excluding hydrogens is 294 g/mol. The Labute approximate surface area is 134 Å².